The molecule has 1 amide bonds. The van der Waals surface area contributed by atoms with Crippen molar-refractivity contribution in [2.45, 2.75) is 47.6 Å². The molecule has 0 unspecified atom stereocenters. The summed E-state index contributed by atoms with van der Waals surface area (Å²) in [6.45, 7) is 12.2. The van der Waals surface area contributed by atoms with Crippen LogP contribution < -0.4 is 4.74 Å². The Balaban J connectivity index is 2.38. The van der Waals surface area contributed by atoms with Crippen LogP contribution in [0.1, 0.15) is 50.2 Å². The van der Waals surface area contributed by atoms with E-state index in [4.69, 9.17) is 9.47 Å². The summed E-state index contributed by atoms with van der Waals surface area (Å²) in [5.74, 6) is 0.461. The molecule has 6 nitrogen and oxygen atoms in total. The van der Waals surface area contributed by atoms with Crippen LogP contribution >= 0.6 is 0 Å². The van der Waals surface area contributed by atoms with Crippen LogP contribution in [0.5, 0.6) is 5.75 Å². The normalized spacial score (nSPS) is 10.9. The number of hydrogen-bond donors (Lipinski definition) is 0. The quantitative estimate of drug-likeness (QED) is 0.627. The lowest BCUT2D eigenvalue weighted by molar-refractivity contribution is -0.143. The van der Waals surface area contributed by atoms with Gasteiger partial charge in [0.2, 0.25) is 0 Å². The van der Waals surface area contributed by atoms with Gasteiger partial charge in [0.1, 0.15) is 11.4 Å². The molecule has 0 fully saturated rings. The van der Waals surface area contributed by atoms with E-state index in [1.807, 2.05) is 50.5 Å². The summed E-state index contributed by atoms with van der Waals surface area (Å²) < 4.78 is 12.6. The zero-order valence-electron chi connectivity index (χ0n) is 17.0. The molecule has 0 N–H and O–H groups in total. The van der Waals surface area contributed by atoms with E-state index in [0.717, 1.165) is 22.2 Å². The van der Waals surface area contributed by atoms with Gasteiger partial charge in [-0.1, -0.05) is 0 Å². The van der Waals surface area contributed by atoms with Crippen molar-refractivity contribution in [2.24, 2.45) is 0 Å². The largest absolute Gasteiger partial charge is 0.494 e. The molecule has 0 aliphatic carbocycles. The topological polar surface area (TPSA) is 60.8 Å². The number of benzene rings is 1. The second kappa shape index (κ2) is 9.44. The van der Waals surface area contributed by atoms with Crippen LogP contribution in [-0.4, -0.2) is 47.6 Å². The highest BCUT2D eigenvalue weighted by Crippen LogP contribution is 2.30. The van der Waals surface area contributed by atoms with Crippen LogP contribution in [0.25, 0.3) is 10.9 Å². The SMILES string of the molecule is CCOC(=O)CCN(CC)C(=O)c1c(C)c2cc(OCC)ccc2n1CC. The molecule has 0 saturated carbocycles. The third kappa shape index (κ3) is 4.43. The van der Waals surface area contributed by atoms with Crippen LogP contribution in [0, 0.1) is 6.92 Å². The van der Waals surface area contributed by atoms with Crippen molar-refractivity contribution < 1.29 is 19.1 Å². The van der Waals surface area contributed by atoms with Crippen LogP contribution in [0.3, 0.4) is 0 Å². The second-order valence-electron chi connectivity index (χ2n) is 6.27. The Bertz CT molecular complexity index is 810. The molecule has 0 bridgehead atoms. The highest BCUT2D eigenvalue weighted by molar-refractivity contribution is 6.02. The number of hydrogen-bond acceptors (Lipinski definition) is 4. The van der Waals surface area contributed by atoms with Crippen LogP contribution in [0.2, 0.25) is 0 Å². The minimum absolute atomic E-state index is 0.0599. The molecular formula is C21H30N2O4. The van der Waals surface area contributed by atoms with Gasteiger partial charge in [-0.25, -0.2) is 0 Å². The molecule has 148 valence electrons. The van der Waals surface area contributed by atoms with Crippen molar-refractivity contribution in [3.05, 3.63) is 29.5 Å². The van der Waals surface area contributed by atoms with Crippen LogP contribution in [0.4, 0.5) is 0 Å². The molecule has 6 heteroatoms. The van der Waals surface area contributed by atoms with Crippen molar-refractivity contribution in [1.82, 2.24) is 9.47 Å². The number of carbonyl (C=O) groups excluding carboxylic acids is 2. The first-order chi connectivity index (χ1) is 13.0. The second-order valence-corrected chi connectivity index (χ2v) is 6.27. The van der Waals surface area contributed by atoms with Crippen LogP contribution in [0.15, 0.2) is 18.2 Å². The van der Waals surface area contributed by atoms with E-state index in [1.54, 1.807) is 11.8 Å². The average molecular weight is 374 g/mol. The fraction of sp³-hybridized carbons (Fsp3) is 0.524. The fourth-order valence-electron chi connectivity index (χ4n) is 3.37. The minimum atomic E-state index is -0.280. The van der Waals surface area contributed by atoms with E-state index in [-0.39, 0.29) is 18.3 Å². The summed E-state index contributed by atoms with van der Waals surface area (Å²) in [4.78, 5) is 26.6. The summed E-state index contributed by atoms with van der Waals surface area (Å²) in [7, 11) is 0. The molecular weight excluding hydrogens is 344 g/mol. The summed E-state index contributed by atoms with van der Waals surface area (Å²) in [6.07, 6.45) is 0.202. The Hall–Kier alpha value is -2.50. The van der Waals surface area contributed by atoms with Gasteiger partial charge in [0, 0.05) is 30.5 Å². The number of carbonyl (C=O) groups is 2. The summed E-state index contributed by atoms with van der Waals surface area (Å²) >= 11 is 0. The smallest absolute Gasteiger partial charge is 0.307 e. The highest BCUT2D eigenvalue weighted by atomic mass is 16.5. The molecule has 0 radical (unpaired) electrons. The van der Waals surface area contributed by atoms with Crippen molar-refractivity contribution >= 4 is 22.8 Å². The lowest BCUT2D eigenvalue weighted by Gasteiger charge is -2.22. The van der Waals surface area contributed by atoms with Crippen molar-refractivity contribution in [3.8, 4) is 5.75 Å². The predicted molar refractivity (Wildman–Crippen MR) is 106 cm³/mol. The number of aryl methyl sites for hydroxylation is 2. The Morgan fingerprint density at radius 3 is 2.44 bits per heavy atom. The fourth-order valence-corrected chi connectivity index (χ4v) is 3.37. The number of aromatic nitrogens is 1. The van der Waals surface area contributed by atoms with Gasteiger partial charge < -0.3 is 18.9 Å². The molecule has 0 saturated heterocycles. The zero-order chi connectivity index (χ0) is 20.0. The molecule has 1 aromatic heterocycles. The third-order valence-corrected chi connectivity index (χ3v) is 4.68. The standard InChI is InChI=1S/C21H30N2O4/c1-6-22(13-12-19(24)27-9-4)21(25)20-15(5)17-14-16(26-8-3)10-11-18(17)23(20)7-2/h10-11,14H,6-9,12-13H2,1-5H3. The van der Waals surface area contributed by atoms with Gasteiger partial charge in [-0.05, 0) is 58.4 Å². The summed E-state index contributed by atoms with van der Waals surface area (Å²) in [6, 6.07) is 5.93. The van der Waals surface area contributed by atoms with Gasteiger partial charge >= 0.3 is 5.97 Å². The van der Waals surface area contributed by atoms with Gasteiger partial charge in [-0.15, -0.1) is 0 Å². The predicted octanol–water partition coefficient (Wildman–Crippen LogP) is 3.78. The van der Waals surface area contributed by atoms with Gasteiger partial charge in [0.05, 0.1) is 19.6 Å². The zero-order valence-corrected chi connectivity index (χ0v) is 17.0. The molecule has 2 aromatic rings. The number of nitrogens with zero attached hydrogens (tertiary/aromatic N) is 2. The van der Waals surface area contributed by atoms with E-state index in [2.05, 4.69) is 0 Å². The number of amides is 1. The van der Waals surface area contributed by atoms with E-state index in [1.165, 1.54) is 0 Å². The first-order valence-electron chi connectivity index (χ1n) is 9.68. The minimum Gasteiger partial charge on any atom is -0.494 e. The number of fused-ring (bicyclic) bond motifs is 1. The monoisotopic (exact) mass is 374 g/mol. The van der Waals surface area contributed by atoms with Gasteiger partial charge in [-0.3, -0.25) is 9.59 Å². The average Bonchev–Trinajstić information content (AvgIpc) is 2.94. The van der Waals surface area contributed by atoms with Crippen molar-refractivity contribution in [1.29, 1.82) is 0 Å². The molecule has 0 atom stereocenters. The third-order valence-electron chi connectivity index (χ3n) is 4.68. The summed E-state index contributed by atoms with van der Waals surface area (Å²) in [5, 5.41) is 1.02. The maximum Gasteiger partial charge on any atom is 0.307 e. The number of rotatable bonds is 9. The van der Waals surface area contributed by atoms with E-state index < -0.39 is 0 Å². The van der Waals surface area contributed by atoms with E-state index in [9.17, 15) is 9.59 Å². The molecule has 1 heterocycles. The van der Waals surface area contributed by atoms with Gasteiger partial charge in [0.25, 0.3) is 5.91 Å². The van der Waals surface area contributed by atoms with Crippen LogP contribution in [-0.2, 0) is 16.1 Å². The highest BCUT2D eigenvalue weighted by Gasteiger charge is 2.24. The maximum atomic E-state index is 13.2. The molecule has 27 heavy (non-hydrogen) atoms. The Morgan fingerprint density at radius 2 is 1.85 bits per heavy atom. The van der Waals surface area contributed by atoms with Crippen molar-refractivity contribution in [2.75, 3.05) is 26.3 Å². The molecule has 2 rings (SSSR count). The maximum absolute atomic E-state index is 13.2. The molecule has 1 aromatic carbocycles. The lowest BCUT2D eigenvalue weighted by Crippen LogP contribution is -2.34. The number of ether oxygens (including phenoxy) is 2. The Labute approximate surface area is 161 Å². The molecule has 0 aliphatic heterocycles. The van der Waals surface area contributed by atoms with E-state index in [0.29, 0.717) is 38.5 Å². The number of esters is 1. The summed E-state index contributed by atoms with van der Waals surface area (Å²) in [5.41, 5.74) is 2.63. The van der Waals surface area contributed by atoms with E-state index >= 15 is 0 Å². The van der Waals surface area contributed by atoms with Gasteiger partial charge in [0.15, 0.2) is 0 Å². The first-order valence-corrected chi connectivity index (χ1v) is 9.68. The van der Waals surface area contributed by atoms with Gasteiger partial charge in [-0.2, -0.15) is 0 Å². The Morgan fingerprint density at radius 1 is 1.11 bits per heavy atom. The Kier molecular flexibility index (Phi) is 7.28. The first kappa shape index (κ1) is 20.8. The molecule has 0 aliphatic rings. The molecule has 0 spiro atoms. The van der Waals surface area contributed by atoms with Crippen molar-refractivity contribution in [3.63, 3.8) is 0 Å². The lowest BCUT2D eigenvalue weighted by atomic mass is 10.1.